The van der Waals surface area contributed by atoms with Gasteiger partial charge in [-0.25, -0.2) is 0 Å². The zero-order chi connectivity index (χ0) is 13.7. The first kappa shape index (κ1) is 13.8. The maximum Gasteiger partial charge on any atom is 0.324 e. The zero-order valence-electron chi connectivity index (χ0n) is 11.8. The van der Waals surface area contributed by atoms with Crippen molar-refractivity contribution in [2.24, 2.45) is 5.92 Å². The predicted octanol–water partition coefficient (Wildman–Crippen LogP) is 2.27. The summed E-state index contributed by atoms with van der Waals surface area (Å²) in [6, 6.07) is 0.658. The summed E-state index contributed by atoms with van der Waals surface area (Å²) < 4.78 is 11.1. The van der Waals surface area contributed by atoms with E-state index in [1.807, 2.05) is 13.8 Å². The molecule has 0 aliphatic heterocycles. The second-order valence-corrected chi connectivity index (χ2v) is 5.07. The number of hydrogen-bond acceptors (Lipinski definition) is 6. The minimum atomic E-state index is 0.0257. The van der Waals surface area contributed by atoms with Gasteiger partial charge in [-0.05, 0) is 39.0 Å². The van der Waals surface area contributed by atoms with Crippen LogP contribution in [0.5, 0.6) is 12.0 Å². The van der Waals surface area contributed by atoms with Crippen molar-refractivity contribution in [2.75, 3.05) is 18.5 Å². The Labute approximate surface area is 114 Å². The number of ether oxygens (including phenoxy) is 2. The van der Waals surface area contributed by atoms with Crippen molar-refractivity contribution < 1.29 is 9.47 Å². The van der Waals surface area contributed by atoms with E-state index in [9.17, 15) is 0 Å². The summed E-state index contributed by atoms with van der Waals surface area (Å²) in [5, 5.41) is 3.13. The van der Waals surface area contributed by atoms with E-state index in [2.05, 4.69) is 27.2 Å². The standard InChI is InChI=1S/C13H22N4O2/c1-4-7-14-11-15-12(18-8-10-5-6-10)17-13(16-11)19-9(2)3/h9-10H,4-8H2,1-3H3,(H,14,15,16,17). The van der Waals surface area contributed by atoms with Crippen molar-refractivity contribution in [3.8, 4) is 12.0 Å². The summed E-state index contributed by atoms with van der Waals surface area (Å²) in [5.74, 6) is 1.18. The molecule has 0 saturated heterocycles. The smallest absolute Gasteiger partial charge is 0.324 e. The molecule has 2 rings (SSSR count). The van der Waals surface area contributed by atoms with E-state index in [1.54, 1.807) is 0 Å². The Morgan fingerprint density at radius 1 is 1.21 bits per heavy atom. The van der Waals surface area contributed by atoms with Crippen molar-refractivity contribution in [2.45, 2.75) is 46.1 Å². The molecule has 1 aliphatic rings. The molecule has 6 nitrogen and oxygen atoms in total. The Bertz CT molecular complexity index is 408. The third-order valence-corrected chi connectivity index (χ3v) is 2.61. The van der Waals surface area contributed by atoms with Gasteiger partial charge in [-0.1, -0.05) is 6.92 Å². The lowest BCUT2D eigenvalue weighted by molar-refractivity contribution is 0.211. The van der Waals surface area contributed by atoms with Crippen molar-refractivity contribution in [3.05, 3.63) is 0 Å². The van der Waals surface area contributed by atoms with Crippen molar-refractivity contribution in [1.29, 1.82) is 0 Å². The van der Waals surface area contributed by atoms with Crippen LogP contribution in [0.1, 0.15) is 40.0 Å². The van der Waals surface area contributed by atoms with Crippen LogP contribution >= 0.6 is 0 Å². The summed E-state index contributed by atoms with van der Waals surface area (Å²) in [6.07, 6.45) is 3.50. The van der Waals surface area contributed by atoms with Crippen LogP contribution in [0.4, 0.5) is 5.95 Å². The van der Waals surface area contributed by atoms with Gasteiger partial charge in [0.2, 0.25) is 5.95 Å². The number of nitrogens with zero attached hydrogens (tertiary/aromatic N) is 3. The van der Waals surface area contributed by atoms with Gasteiger partial charge >= 0.3 is 12.0 Å². The molecule has 0 bridgehead atoms. The Morgan fingerprint density at radius 2 is 1.95 bits per heavy atom. The molecule has 6 heteroatoms. The lowest BCUT2D eigenvalue weighted by Crippen LogP contribution is -2.13. The Hall–Kier alpha value is -1.59. The summed E-state index contributed by atoms with van der Waals surface area (Å²) in [6.45, 7) is 7.46. The third-order valence-electron chi connectivity index (χ3n) is 2.61. The molecule has 0 amide bonds. The van der Waals surface area contributed by atoms with E-state index in [0.29, 0.717) is 30.5 Å². The highest BCUT2D eigenvalue weighted by atomic mass is 16.5. The molecular formula is C13H22N4O2. The zero-order valence-corrected chi connectivity index (χ0v) is 11.8. The quantitative estimate of drug-likeness (QED) is 0.778. The predicted molar refractivity (Wildman–Crippen MR) is 72.6 cm³/mol. The molecule has 1 aliphatic carbocycles. The largest absolute Gasteiger partial charge is 0.463 e. The monoisotopic (exact) mass is 266 g/mol. The van der Waals surface area contributed by atoms with E-state index in [-0.39, 0.29) is 6.10 Å². The SMILES string of the molecule is CCCNc1nc(OCC2CC2)nc(OC(C)C)n1. The highest BCUT2D eigenvalue weighted by Gasteiger charge is 2.22. The summed E-state index contributed by atoms with van der Waals surface area (Å²) in [5.41, 5.74) is 0. The number of aromatic nitrogens is 3. The maximum absolute atomic E-state index is 5.59. The molecule has 0 unspecified atom stereocenters. The van der Waals surface area contributed by atoms with Crippen molar-refractivity contribution in [1.82, 2.24) is 15.0 Å². The van der Waals surface area contributed by atoms with Gasteiger partial charge in [-0.2, -0.15) is 9.97 Å². The minimum absolute atomic E-state index is 0.0257. The summed E-state index contributed by atoms with van der Waals surface area (Å²) in [4.78, 5) is 12.6. The fourth-order valence-electron chi connectivity index (χ4n) is 1.46. The molecule has 1 saturated carbocycles. The number of hydrogen-bond donors (Lipinski definition) is 1. The number of nitrogens with one attached hydrogen (secondary N) is 1. The van der Waals surface area contributed by atoms with E-state index < -0.39 is 0 Å². The van der Waals surface area contributed by atoms with Gasteiger partial charge in [-0.15, -0.1) is 4.98 Å². The van der Waals surface area contributed by atoms with Crippen LogP contribution in [-0.4, -0.2) is 34.2 Å². The van der Waals surface area contributed by atoms with Crippen LogP contribution in [0, 0.1) is 5.92 Å². The highest BCUT2D eigenvalue weighted by Crippen LogP contribution is 2.29. The van der Waals surface area contributed by atoms with Crippen LogP contribution < -0.4 is 14.8 Å². The Balaban J connectivity index is 2.04. The van der Waals surface area contributed by atoms with Gasteiger partial charge in [-0.3, -0.25) is 0 Å². The van der Waals surface area contributed by atoms with E-state index >= 15 is 0 Å². The molecule has 0 atom stereocenters. The average molecular weight is 266 g/mol. The molecule has 0 radical (unpaired) electrons. The van der Waals surface area contributed by atoms with Gasteiger partial charge in [0.1, 0.15) is 0 Å². The molecule has 1 heterocycles. The Kier molecular flexibility index (Phi) is 4.76. The van der Waals surface area contributed by atoms with Gasteiger partial charge in [0.25, 0.3) is 0 Å². The fraction of sp³-hybridized carbons (Fsp3) is 0.769. The lowest BCUT2D eigenvalue weighted by Gasteiger charge is -2.11. The van der Waals surface area contributed by atoms with Crippen LogP contribution in [0.2, 0.25) is 0 Å². The van der Waals surface area contributed by atoms with Crippen LogP contribution in [-0.2, 0) is 0 Å². The van der Waals surface area contributed by atoms with E-state index in [4.69, 9.17) is 9.47 Å². The number of anilines is 1. The molecule has 0 spiro atoms. The van der Waals surface area contributed by atoms with Gasteiger partial charge in [0, 0.05) is 6.54 Å². The first-order valence-electron chi connectivity index (χ1n) is 6.96. The molecule has 19 heavy (non-hydrogen) atoms. The van der Waals surface area contributed by atoms with Crippen molar-refractivity contribution in [3.63, 3.8) is 0 Å². The summed E-state index contributed by atoms with van der Waals surface area (Å²) >= 11 is 0. The molecule has 1 N–H and O–H groups in total. The van der Waals surface area contributed by atoms with Gasteiger partial charge in [0.15, 0.2) is 0 Å². The first-order valence-corrected chi connectivity index (χ1v) is 6.96. The average Bonchev–Trinajstić information content (AvgIpc) is 3.17. The normalized spacial score (nSPS) is 14.5. The van der Waals surface area contributed by atoms with Gasteiger partial charge < -0.3 is 14.8 Å². The third kappa shape index (κ3) is 4.89. The molecule has 1 aromatic heterocycles. The lowest BCUT2D eigenvalue weighted by atomic mass is 10.5. The number of rotatable bonds is 8. The van der Waals surface area contributed by atoms with Crippen LogP contribution in [0.3, 0.4) is 0 Å². The summed E-state index contributed by atoms with van der Waals surface area (Å²) in [7, 11) is 0. The maximum atomic E-state index is 5.59. The molecule has 1 aromatic rings. The van der Waals surface area contributed by atoms with Crippen molar-refractivity contribution >= 4 is 5.95 Å². The topological polar surface area (TPSA) is 69.2 Å². The fourth-order valence-corrected chi connectivity index (χ4v) is 1.46. The minimum Gasteiger partial charge on any atom is -0.463 e. The second-order valence-electron chi connectivity index (χ2n) is 5.07. The first-order chi connectivity index (χ1) is 9.17. The second kappa shape index (κ2) is 6.54. The highest BCUT2D eigenvalue weighted by molar-refractivity contribution is 5.27. The van der Waals surface area contributed by atoms with Crippen LogP contribution in [0.25, 0.3) is 0 Å². The van der Waals surface area contributed by atoms with Gasteiger partial charge in [0.05, 0.1) is 12.7 Å². The molecule has 1 fully saturated rings. The molecule has 0 aromatic carbocycles. The molecule has 106 valence electrons. The van der Waals surface area contributed by atoms with Crippen LogP contribution in [0.15, 0.2) is 0 Å². The molecular weight excluding hydrogens is 244 g/mol. The van der Waals surface area contributed by atoms with E-state index in [0.717, 1.165) is 13.0 Å². The Morgan fingerprint density at radius 3 is 2.58 bits per heavy atom. The van der Waals surface area contributed by atoms with E-state index in [1.165, 1.54) is 12.8 Å².